The van der Waals surface area contributed by atoms with E-state index < -0.39 is 12.0 Å². The van der Waals surface area contributed by atoms with E-state index in [1.54, 1.807) is 4.90 Å². The van der Waals surface area contributed by atoms with Crippen LogP contribution < -0.4 is 10.2 Å². The van der Waals surface area contributed by atoms with Crippen LogP contribution in [-0.2, 0) is 16.1 Å². The average molecular weight is 299 g/mol. The van der Waals surface area contributed by atoms with Crippen molar-refractivity contribution >= 4 is 28.3 Å². The summed E-state index contributed by atoms with van der Waals surface area (Å²) in [6.07, 6.45) is 0. The van der Waals surface area contributed by atoms with Gasteiger partial charge in [-0.05, 0) is 12.8 Å². The van der Waals surface area contributed by atoms with Crippen LogP contribution in [0.5, 0.6) is 0 Å². The van der Waals surface area contributed by atoms with Gasteiger partial charge in [0.1, 0.15) is 6.04 Å². The van der Waals surface area contributed by atoms with E-state index in [1.165, 1.54) is 18.3 Å². The number of aliphatic carboxylic acids is 1. The van der Waals surface area contributed by atoms with Gasteiger partial charge in [-0.2, -0.15) is 0 Å². The minimum atomic E-state index is -0.866. The van der Waals surface area contributed by atoms with Crippen molar-refractivity contribution in [3.63, 3.8) is 0 Å². The Bertz CT molecular complexity index is 473. The second-order valence-corrected chi connectivity index (χ2v) is 5.66. The number of carbonyl (C=O) groups is 2. The van der Waals surface area contributed by atoms with Crippen molar-refractivity contribution in [3.05, 3.63) is 11.1 Å². The Morgan fingerprint density at radius 1 is 1.50 bits per heavy atom. The predicted molar refractivity (Wildman–Crippen MR) is 78.9 cm³/mol. The number of carbonyl (C=O) groups excluding carboxylic acids is 1. The van der Waals surface area contributed by atoms with Crippen LogP contribution in [0.2, 0.25) is 0 Å². The van der Waals surface area contributed by atoms with Crippen LogP contribution in [0.15, 0.2) is 5.38 Å². The van der Waals surface area contributed by atoms with Crippen molar-refractivity contribution in [2.24, 2.45) is 5.92 Å². The number of carboxylic acid groups (broad SMARTS) is 1. The van der Waals surface area contributed by atoms with Crippen molar-refractivity contribution in [1.82, 2.24) is 10.3 Å². The summed E-state index contributed by atoms with van der Waals surface area (Å²) in [5.74, 6) is -0.920. The first-order valence-electron chi connectivity index (χ1n) is 6.55. The number of amides is 1. The lowest BCUT2D eigenvalue weighted by Crippen LogP contribution is -2.40. The number of nitrogens with zero attached hydrogens (tertiary/aromatic N) is 2. The molecule has 1 aromatic rings. The summed E-state index contributed by atoms with van der Waals surface area (Å²) in [4.78, 5) is 28.5. The van der Waals surface area contributed by atoms with Crippen LogP contribution in [0.1, 0.15) is 33.4 Å². The van der Waals surface area contributed by atoms with E-state index >= 15 is 0 Å². The van der Waals surface area contributed by atoms with E-state index in [9.17, 15) is 9.59 Å². The van der Waals surface area contributed by atoms with Gasteiger partial charge in [0.15, 0.2) is 5.13 Å². The first kappa shape index (κ1) is 16.6. The third kappa shape index (κ3) is 4.28. The summed E-state index contributed by atoms with van der Waals surface area (Å²) in [6, 6.07) is -0.602. The first-order chi connectivity index (χ1) is 9.36. The minimum absolute atomic E-state index is 0.00466. The number of hydrogen-bond donors (Lipinski definition) is 2. The minimum Gasteiger partial charge on any atom is -0.480 e. The zero-order valence-corrected chi connectivity index (χ0v) is 13.0. The van der Waals surface area contributed by atoms with Gasteiger partial charge in [-0.25, -0.2) is 4.98 Å². The molecule has 1 atom stereocenters. The maximum absolute atomic E-state index is 11.4. The Balaban J connectivity index is 2.69. The maximum Gasteiger partial charge on any atom is 0.320 e. The summed E-state index contributed by atoms with van der Waals surface area (Å²) in [7, 11) is 0. The topological polar surface area (TPSA) is 82.5 Å². The number of hydrogen-bond acceptors (Lipinski definition) is 5. The normalized spacial score (nSPS) is 12.4. The van der Waals surface area contributed by atoms with Gasteiger partial charge < -0.3 is 5.11 Å². The third-order valence-corrected chi connectivity index (χ3v) is 3.82. The van der Waals surface area contributed by atoms with Crippen molar-refractivity contribution < 1.29 is 14.7 Å². The van der Waals surface area contributed by atoms with Crippen molar-refractivity contribution in [2.75, 3.05) is 11.4 Å². The molecule has 1 rings (SSSR count). The lowest BCUT2D eigenvalue weighted by molar-refractivity contribution is -0.140. The standard InChI is InChI=1S/C13H21N3O3S/c1-5-16(9(4)17)13-15-10(7-20-13)6-14-11(8(2)3)12(18)19/h7-8,11,14H,5-6H2,1-4H3,(H,18,19). The van der Waals surface area contributed by atoms with Gasteiger partial charge in [-0.15, -0.1) is 11.3 Å². The quantitative estimate of drug-likeness (QED) is 0.801. The molecule has 7 heteroatoms. The van der Waals surface area contributed by atoms with Crippen LogP contribution in [0.3, 0.4) is 0 Å². The first-order valence-corrected chi connectivity index (χ1v) is 7.43. The molecule has 6 nitrogen and oxygen atoms in total. The molecule has 0 aliphatic rings. The molecule has 1 amide bonds. The number of carboxylic acids is 1. The molecule has 2 N–H and O–H groups in total. The lowest BCUT2D eigenvalue weighted by atomic mass is 10.1. The Labute approximate surface area is 122 Å². The lowest BCUT2D eigenvalue weighted by Gasteiger charge is -2.17. The monoisotopic (exact) mass is 299 g/mol. The second kappa shape index (κ2) is 7.35. The third-order valence-electron chi connectivity index (χ3n) is 2.90. The molecule has 0 radical (unpaired) electrons. The van der Waals surface area contributed by atoms with Crippen LogP contribution in [-0.4, -0.2) is 34.6 Å². The average Bonchev–Trinajstić information content (AvgIpc) is 2.77. The van der Waals surface area contributed by atoms with Gasteiger partial charge in [0.25, 0.3) is 0 Å². The molecule has 1 unspecified atom stereocenters. The number of aromatic nitrogens is 1. The molecule has 112 valence electrons. The van der Waals surface area contributed by atoms with Crippen molar-refractivity contribution in [2.45, 2.75) is 40.3 Å². The molecule has 0 fully saturated rings. The van der Waals surface area contributed by atoms with E-state index in [2.05, 4.69) is 10.3 Å². The smallest absolute Gasteiger partial charge is 0.320 e. The molecule has 0 aliphatic carbocycles. The molecule has 1 aromatic heterocycles. The fraction of sp³-hybridized carbons (Fsp3) is 0.615. The van der Waals surface area contributed by atoms with Crippen LogP contribution >= 0.6 is 11.3 Å². The Morgan fingerprint density at radius 2 is 2.15 bits per heavy atom. The number of nitrogens with one attached hydrogen (secondary N) is 1. The van der Waals surface area contributed by atoms with Gasteiger partial charge in [0.2, 0.25) is 5.91 Å². The second-order valence-electron chi connectivity index (χ2n) is 4.83. The van der Waals surface area contributed by atoms with E-state index in [-0.39, 0.29) is 11.8 Å². The molecule has 20 heavy (non-hydrogen) atoms. The predicted octanol–water partition coefficient (Wildman–Crippen LogP) is 1.71. The van der Waals surface area contributed by atoms with Crippen molar-refractivity contribution in [1.29, 1.82) is 0 Å². The van der Waals surface area contributed by atoms with E-state index in [0.29, 0.717) is 18.2 Å². The summed E-state index contributed by atoms with van der Waals surface area (Å²) in [5.41, 5.74) is 0.747. The van der Waals surface area contributed by atoms with E-state index in [1.807, 2.05) is 26.2 Å². The van der Waals surface area contributed by atoms with Gasteiger partial charge in [-0.1, -0.05) is 13.8 Å². The molecule has 0 aliphatic heterocycles. The number of thiazole rings is 1. The van der Waals surface area contributed by atoms with Crippen LogP contribution in [0, 0.1) is 5.92 Å². The molecular formula is C13H21N3O3S. The number of rotatable bonds is 7. The Morgan fingerprint density at radius 3 is 2.60 bits per heavy atom. The van der Waals surface area contributed by atoms with Gasteiger partial charge in [0, 0.05) is 25.4 Å². The van der Waals surface area contributed by atoms with Gasteiger partial charge in [0.05, 0.1) is 5.69 Å². The molecule has 1 heterocycles. The zero-order valence-electron chi connectivity index (χ0n) is 12.2. The van der Waals surface area contributed by atoms with E-state index in [0.717, 1.165) is 5.69 Å². The largest absolute Gasteiger partial charge is 0.480 e. The van der Waals surface area contributed by atoms with Crippen LogP contribution in [0.25, 0.3) is 0 Å². The molecule has 0 aromatic carbocycles. The van der Waals surface area contributed by atoms with Crippen molar-refractivity contribution in [3.8, 4) is 0 Å². The highest BCUT2D eigenvalue weighted by Crippen LogP contribution is 2.20. The SMILES string of the molecule is CCN(C(C)=O)c1nc(CNC(C(=O)O)C(C)C)cs1. The molecule has 0 bridgehead atoms. The van der Waals surface area contributed by atoms with Crippen LogP contribution in [0.4, 0.5) is 5.13 Å². The summed E-state index contributed by atoms with van der Waals surface area (Å²) < 4.78 is 0. The van der Waals surface area contributed by atoms with Gasteiger partial charge in [-0.3, -0.25) is 19.8 Å². The highest BCUT2D eigenvalue weighted by atomic mass is 32.1. The molecular weight excluding hydrogens is 278 g/mol. The molecule has 0 spiro atoms. The van der Waals surface area contributed by atoms with Gasteiger partial charge >= 0.3 is 5.97 Å². The summed E-state index contributed by atoms with van der Waals surface area (Å²) in [6.45, 7) is 8.04. The Kier molecular flexibility index (Phi) is 6.09. The number of anilines is 1. The fourth-order valence-electron chi connectivity index (χ4n) is 1.82. The molecule has 0 saturated carbocycles. The highest BCUT2D eigenvalue weighted by molar-refractivity contribution is 7.14. The Hall–Kier alpha value is -1.47. The van der Waals surface area contributed by atoms with E-state index in [4.69, 9.17) is 5.11 Å². The zero-order chi connectivity index (χ0) is 15.3. The summed E-state index contributed by atoms with van der Waals surface area (Å²) >= 11 is 1.39. The molecule has 0 saturated heterocycles. The maximum atomic E-state index is 11.4. The fourth-order valence-corrected chi connectivity index (χ4v) is 2.75. The highest BCUT2D eigenvalue weighted by Gasteiger charge is 2.21. The summed E-state index contributed by atoms with van der Waals surface area (Å²) in [5, 5.41) is 14.6.